The first-order valence-electron chi connectivity index (χ1n) is 10.1. The van der Waals surface area contributed by atoms with Crippen LogP contribution in [0.5, 0.6) is 0 Å². The van der Waals surface area contributed by atoms with Crippen molar-refractivity contribution in [1.82, 2.24) is 0 Å². The van der Waals surface area contributed by atoms with E-state index in [0.29, 0.717) is 24.7 Å². The first kappa shape index (κ1) is 24.1. The molecule has 0 aliphatic carbocycles. The molecule has 0 heterocycles. The number of hydrogen-bond donors (Lipinski definition) is 1. The lowest BCUT2D eigenvalue weighted by atomic mass is 10.1. The van der Waals surface area contributed by atoms with Crippen LogP contribution in [0.1, 0.15) is 17.5 Å². The van der Waals surface area contributed by atoms with Gasteiger partial charge >= 0.3 is 6.18 Å². The smallest absolute Gasteiger partial charge is 0.398 e. The third-order valence-electron chi connectivity index (χ3n) is 5.14. The molecule has 0 unspecified atom stereocenters. The van der Waals surface area contributed by atoms with Crippen LogP contribution in [0, 0.1) is 11.3 Å². The lowest BCUT2D eigenvalue weighted by Gasteiger charge is -2.26. The summed E-state index contributed by atoms with van der Waals surface area (Å²) < 4.78 is 66.7. The maximum Gasteiger partial charge on any atom is 0.418 e. The fourth-order valence-corrected chi connectivity index (χ4v) is 4.97. The predicted octanol–water partition coefficient (Wildman–Crippen LogP) is 5.08. The number of alkyl halides is 3. The molecule has 3 aromatic rings. The van der Waals surface area contributed by atoms with Crippen molar-refractivity contribution in [2.24, 2.45) is 0 Å². The molecule has 5 nitrogen and oxygen atoms in total. The van der Waals surface area contributed by atoms with E-state index < -0.39 is 32.2 Å². The van der Waals surface area contributed by atoms with Crippen molar-refractivity contribution in [2.75, 3.05) is 23.7 Å². The Bertz CT molecular complexity index is 1250. The Labute approximate surface area is 190 Å². The Hall–Kier alpha value is -3.51. The fourth-order valence-electron chi connectivity index (χ4n) is 3.47. The highest BCUT2D eigenvalue weighted by Gasteiger charge is 2.35. The molecule has 0 atom stereocenters. The van der Waals surface area contributed by atoms with E-state index in [1.165, 1.54) is 12.1 Å². The zero-order chi connectivity index (χ0) is 24.1. The number of benzene rings is 3. The molecule has 0 fully saturated rings. The standard InChI is InChI=1S/C24H22F3N3O2S/c25-24(26,27)20-17-19(11-12-21(20)29)33(31,32)23-10-5-4-9-22(23)30(15-6-14-28)16-13-18-7-2-1-3-8-18/h1-5,7-12,17H,6,13,15-16,29H2. The molecule has 2 N–H and O–H groups in total. The molecule has 0 saturated carbocycles. The quantitative estimate of drug-likeness (QED) is 0.461. The van der Waals surface area contributed by atoms with Crippen molar-refractivity contribution in [3.63, 3.8) is 0 Å². The summed E-state index contributed by atoms with van der Waals surface area (Å²) in [4.78, 5) is 1.14. The van der Waals surface area contributed by atoms with Crippen LogP contribution in [0.2, 0.25) is 0 Å². The van der Waals surface area contributed by atoms with Crippen LogP contribution in [-0.4, -0.2) is 21.5 Å². The van der Waals surface area contributed by atoms with Crippen LogP contribution in [0.3, 0.4) is 0 Å². The van der Waals surface area contributed by atoms with Gasteiger partial charge in [-0.15, -0.1) is 0 Å². The number of sulfone groups is 1. The highest BCUT2D eigenvalue weighted by Crippen LogP contribution is 2.37. The SMILES string of the molecule is N#CCCN(CCc1ccccc1)c1ccccc1S(=O)(=O)c1ccc(N)c(C(F)(F)F)c1. The Morgan fingerprint density at radius 3 is 2.27 bits per heavy atom. The molecule has 3 aromatic carbocycles. The molecule has 0 spiro atoms. The van der Waals surface area contributed by atoms with E-state index >= 15 is 0 Å². The van der Waals surface area contributed by atoms with Crippen molar-refractivity contribution in [1.29, 1.82) is 5.26 Å². The fraction of sp³-hybridized carbons (Fsp3) is 0.208. The zero-order valence-corrected chi connectivity index (χ0v) is 18.4. The molecular weight excluding hydrogens is 451 g/mol. The van der Waals surface area contributed by atoms with Gasteiger partial charge in [0, 0.05) is 18.8 Å². The van der Waals surface area contributed by atoms with E-state index in [1.54, 1.807) is 17.0 Å². The number of halogens is 3. The number of hydrogen-bond acceptors (Lipinski definition) is 5. The van der Waals surface area contributed by atoms with Gasteiger partial charge in [0.25, 0.3) is 0 Å². The van der Waals surface area contributed by atoms with Gasteiger partial charge in [0.15, 0.2) is 0 Å². The van der Waals surface area contributed by atoms with Gasteiger partial charge in [0.05, 0.1) is 33.5 Å². The summed E-state index contributed by atoms with van der Waals surface area (Å²) in [5.74, 6) is 0. The lowest BCUT2D eigenvalue weighted by Crippen LogP contribution is -2.28. The Morgan fingerprint density at radius 2 is 1.61 bits per heavy atom. The molecule has 0 aliphatic rings. The summed E-state index contributed by atoms with van der Waals surface area (Å²) >= 11 is 0. The molecule has 0 saturated heterocycles. The summed E-state index contributed by atoms with van der Waals surface area (Å²) in [5, 5.41) is 9.07. The topological polar surface area (TPSA) is 87.2 Å². The van der Waals surface area contributed by atoms with E-state index in [2.05, 4.69) is 6.07 Å². The predicted molar refractivity (Wildman–Crippen MR) is 120 cm³/mol. The molecule has 0 aromatic heterocycles. The maximum atomic E-state index is 13.4. The highest BCUT2D eigenvalue weighted by atomic mass is 32.2. The average Bonchev–Trinajstić information content (AvgIpc) is 2.79. The van der Waals surface area contributed by atoms with E-state index in [0.717, 1.165) is 17.7 Å². The number of nitriles is 1. The Kier molecular flexibility index (Phi) is 7.29. The second-order valence-electron chi connectivity index (χ2n) is 7.35. The van der Waals surface area contributed by atoms with Gasteiger partial charge in [0.1, 0.15) is 0 Å². The van der Waals surface area contributed by atoms with Crippen molar-refractivity contribution < 1.29 is 21.6 Å². The van der Waals surface area contributed by atoms with Gasteiger partial charge in [-0.3, -0.25) is 0 Å². The van der Waals surface area contributed by atoms with Gasteiger partial charge in [-0.25, -0.2) is 8.42 Å². The molecule has 172 valence electrons. The number of rotatable bonds is 8. The molecule has 0 radical (unpaired) electrons. The molecule has 3 rings (SSSR count). The van der Waals surface area contributed by atoms with E-state index in [-0.39, 0.29) is 17.9 Å². The minimum Gasteiger partial charge on any atom is -0.398 e. The van der Waals surface area contributed by atoms with Crippen LogP contribution in [-0.2, 0) is 22.4 Å². The van der Waals surface area contributed by atoms with Crippen LogP contribution >= 0.6 is 0 Å². The monoisotopic (exact) mass is 473 g/mol. The minimum atomic E-state index is -4.79. The third kappa shape index (κ3) is 5.65. The summed E-state index contributed by atoms with van der Waals surface area (Å²) in [6.07, 6.45) is -4.03. The van der Waals surface area contributed by atoms with Crippen LogP contribution < -0.4 is 10.6 Å². The summed E-state index contributed by atoms with van der Waals surface area (Å²) in [6.45, 7) is 0.694. The molecular formula is C24H22F3N3O2S. The molecule has 0 amide bonds. The van der Waals surface area contributed by atoms with Crippen LogP contribution in [0.25, 0.3) is 0 Å². The van der Waals surface area contributed by atoms with Gasteiger partial charge in [0.2, 0.25) is 9.84 Å². The normalized spacial score (nSPS) is 11.7. The van der Waals surface area contributed by atoms with E-state index in [4.69, 9.17) is 11.0 Å². The second-order valence-corrected chi connectivity index (χ2v) is 9.27. The Morgan fingerprint density at radius 1 is 0.939 bits per heavy atom. The van der Waals surface area contributed by atoms with Crippen LogP contribution in [0.15, 0.2) is 82.6 Å². The van der Waals surface area contributed by atoms with Gasteiger partial charge in [-0.05, 0) is 42.3 Å². The first-order chi connectivity index (χ1) is 15.6. The van der Waals surface area contributed by atoms with Gasteiger partial charge in [-0.1, -0.05) is 42.5 Å². The summed E-state index contributed by atoms with van der Waals surface area (Å²) in [5.41, 5.74) is 5.04. The van der Waals surface area contributed by atoms with Crippen molar-refractivity contribution in [3.05, 3.63) is 83.9 Å². The Balaban J connectivity index is 2.03. The number of nitrogens with zero attached hydrogens (tertiary/aromatic N) is 2. The highest BCUT2D eigenvalue weighted by molar-refractivity contribution is 7.91. The molecule has 33 heavy (non-hydrogen) atoms. The van der Waals surface area contributed by atoms with Gasteiger partial charge < -0.3 is 10.6 Å². The minimum absolute atomic E-state index is 0.131. The van der Waals surface area contributed by atoms with E-state index in [1.807, 2.05) is 30.3 Å². The van der Waals surface area contributed by atoms with Crippen LogP contribution in [0.4, 0.5) is 24.5 Å². The summed E-state index contributed by atoms with van der Waals surface area (Å²) in [6, 6.07) is 20.3. The molecule has 0 aliphatic heterocycles. The number of nitrogens with two attached hydrogens (primary N) is 1. The first-order valence-corrected chi connectivity index (χ1v) is 11.6. The number of anilines is 2. The van der Waals surface area contributed by atoms with E-state index in [9.17, 15) is 21.6 Å². The maximum absolute atomic E-state index is 13.4. The van der Waals surface area contributed by atoms with Crippen molar-refractivity contribution in [2.45, 2.75) is 28.8 Å². The molecule has 9 heteroatoms. The largest absolute Gasteiger partial charge is 0.418 e. The number of para-hydroxylation sites is 1. The van der Waals surface area contributed by atoms with Gasteiger partial charge in [-0.2, -0.15) is 18.4 Å². The number of nitrogen functional groups attached to an aromatic ring is 1. The van der Waals surface area contributed by atoms with Crippen molar-refractivity contribution in [3.8, 4) is 6.07 Å². The molecule has 0 bridgehead atoms. The zero-order valence-electron chi connectivity index (χ0n) is 17.6. The van der Waals surface area contributed by atoms with Crippen molar-refractivity contribution >= 4 is 21.2 Å². The summed E-state index contributed by atoms with van der Waals surface area (Å²) in [7, 11) is -4.30. The third-order valence-corrected chi connectivity index (χ3v) is 6.94. The lowest BCUT2D eigenvalue weighted by molar-refractivity contribution is -0.137. The average molecular weight is 474 g/mol. The second kappa shape index (κ2) is 9.96.